The Morgan fingerprint density at radius 1 is 0.500 bits per heavy atom. The summed E-state index contributed by atoms with van der Waals surface area (Å²) in [6.45, 7) is 10.8. The molecule has 0 aliphatic heterocycles. The third kappa shape index (κ3) is 22.7. The summed E-state index contributed by atoms with van der Waals surface area (Å²) in [4.78, 5) is 11.0. The first kappa shape index (κ1) is 39.4. The fourth-order valence-electron chi connectivity index (χ4n) is 4.34. The van der Waals surface area contributed by atoms with E-state index in [1.165, 1.54) is 51.0 Å². The minimum absolute atomic E-state index is 0.104. The number of ether oxygens (including phenoxy) is 8. The maximum Gasteiger partial charge on any atom is 0.221 e. The average Bonchev–Trinajstić information content (AvgIpc) is 3.06. The van der Waals surface area contributed by atoms with Gasteiger partial charge in [-0.2, -0.15) is 0 Å². The van der Waals surface area contributed by atoms with Crippen LogP contribution in [0, 0.1) is 0 Å². The van der Waals surface area contributed by atoms with Crippen LogP contribution in [0.5, 0.6) is 11.5 Å². The van der Waals surface area contributed by atoms with E-state index in [0.29, 0.717) is 92.5 Å². The van der Waals surface area contributed by atoms with Gasteiger partial charge in [-0.1, -0.05) is 51.2 Å². The Bertz CT molecular complexity index is 972. The SMILES string of the molecule is CCCCCCCCc1ccc(OCCOCCOCCOCCOCCOCCOCCOc2ccc(NC(C)=O)cc2)cc1. The van der Waals surface area contributed by atoms with Crippen molar-refractivity contribution >= 4 is 11.6 Å². The highest BCUT2D eigenvalue weighted by Gasteiger charge is 2.00. The topological polar surface area (TPSA) is 103 Å². The maximum absolute atomic E-state index is 11.0. The van der Waals surface area contributed by atoms with Gasteiger partial charge >= 0.3 is 0 Å². The molecule has 0 saturated carbocycles. The van der Waals surface area contributed by atoms with Crippen molar-refractivity contribution in [3.05, 3.63) is 54.1 Å². The van der Waals surface area contributed by atoms with Crippen molar-refractivity contribution in [3.8, 4) is 11.5 Å². The molecule has 2 rings (SSSR count). The number of anilines is 1. The highest BCUT2D eigenvalue weighted by Crippen LogP contribution is 2.16. The van der Waals surface area contributed by atoms with Crippen molar-refractivity contribution in [1.29, 1.82) is 0 Å². The smallest absolute Gasteiger partial charge is 0.221 e. The molecule has 0 unspecified atom stereocenters. The molecule has 0 aliphatic carbocycles. The fraction of sp³-hybridized carbons (Fsp3) is 0.639. The van der Waals surface area contributed by atoms with E-state index in [-0.39, 0.29) is 5.91 Å². The fourth-order valence-corrected chi connectivity index (χ4v) is 4.34. The van der Waals surface area contributed by atoms with Gasteiger partial charge in [0.2, 0.25) is 5.91 Å². The molecule has 10 nitrogen and oxygen atoms in total. The number of carbonyl (C=O) groups excluding carboxylic acids is 1. The lowest BCUT2D eigenvalue weighted by molar-refractivity contribution is -0.114. The minimum atomic E-state index is -0.104. The summed E-state index contributed by atoms with van der Waals surface area (Å²) in [5.41, 5.74) is 2.11. The molecule has 1 N–H and O–H groups in total. The lowest BCUT2D eigenvalue weighted by Crippen LogP contribution is -2.15. The highest BCUT2D eigenvalue weighted by atomic mass is 16.6. The van der Waals surface area contributed by atoms with Crippen LogP contribution in [0.15, 0.2) is 48.5 Å². The van der Waals surface area contributed by atoms with Gasteiger partial charge in [-0.25, -0.2) is 0 Å². The quantitative estimate of drug-likeness (QED) is 0.0972. The summed E-state index contributed by atoms with van der Waals surface area (Å²) in [7, 11) is 0. The van der Waals surface area contributed by atoms with Gasteiger partial charge < -0.3 is 43.2 Å². The molecule has 46 heavy (non-hydrogen) atoms. The zero-order valence-electron chi connectivity index (χ0n) is 28.1. The number of unbranched alkanes of at least 4 members (excludes halogenated alkanes) is 5. The van der Waals surface area contributed by atoms with Gasteiger partial charge in [0.1, 0.15) is 24.7 Å². The van der Waals surface area contributed by atoms with E-state index in [9.17, 15) is 4.79 Å². The Kier molecular flexibility index (Phi) is 24.4. The third-order valence-corrected chi connectivity index (χ3v) is 6.77. The molecular formula is C36H57NO9. The van der Waals surface area contributed by atoms with Crippen molar-refractivity contribution in [3.63, 3.8) is 0 Å². The van der Waals surface area contributed by atoms with Gasteiger partial charge in [0.05, 0.1) is 79.3 Å². The number of rotatable bonds is 31. The van der Waals surface area contributed by atoms with Gasteiger partial charge in [-0.15, -0.1) is 0 Å². The average molecular weight is 648 g/mol. The van der Waals surface area contributed by atoms with Crippen LogP contribution in [-0.4, -0.2) is 98.4 Å². The van der Waals surface area contributed by atoms with Crippen LogP contribution in [0.1, 0.15) is 57.9 Å². The number of carbonyl (C=O) groups is 1. The van der Waals surface area contributed by atoms with Crippen molar-refractivity contribution < 1.29 is 42.7 Å². The molecule has 10 heteroatoms. The van der Waals surface area contributed by atoms with E-state index in [4.69, 9.17) is 37.9 Å². The Labute approximate surface area is 276 Å². The molecule has 0 aromatic heterocycles. The zero-order chi connectivity index (χ0) is 32.8. The molecule has 0 fully saturated rings. The van der Waals surface area contributed by atoms with Crippen molar-refractivity contribution in [2.24, 2.45) is 0 Å². The highest BCUT2D eigenvalue weighted by molar-refractivity contribution is 5.88. The molecule has 0 spiro atoms. The Hall–Kier alpha value is -2.73. The van der Waals surface area contributed by atoms with Crippen LogP contribution in [-0.2, 0) is 39.6 Å². The van der Waals surface area contributed by atoms with Crippen LogP contribution in [0.2, 0.25) is 0 Å². The van der Waals surface area contributed by atoms with Crippen molar-refractivity contribution in [2.75, 3.05) is 97.8 Å². The summed E-state index contributed by atoms with van der Waals surface area (Å²) in [6.07, 6.45) is 9.08. The minimum Gasteiger partial charge on any atom is -0.491 e. The van der Waals surface area contributed by atoms with E-state index in [0.717, 1.165) is 23.6 Å². The molecular weight excluding hydrogens is 590 g/mol. The van der Waals surface area contributed by atoms with Crippen LogP contribution >= 0.6 is 0 Å². The van der Waals surface area contributed by atoms with E-state index in [2.05, 4.69) is 24.4 Å². The third-order valence-electron chi connectivity index (χ3n) is 6.77. The molecule has 0 bridgehead atoms. The molecule has 0 aliphatic rings. The van der Waals surface area contributed by atoms with Gasteiger partial charge in [0.15, 0.2) is 0 Å². The van der Waals surface area contributed by atoms with Gasteiger partial charge in [0, 0.05) is 12.6 Å². The lowest BCUT2D eigenvalue weighted by atomic mass is 10.0. The molecule has 260 valence electrons. The van der Waals surface area contributed by atoms with E-state index in [1.54, 1.807) is 24.3 Å². The maximum atomic E-state index is 11.0. The Balaban J connectivity index is 1.24. The first-order valence-electron chi connectivity index (χ1n) is 16.9. The normalized spacial score (nSPS) is 11.1. The van der Waals surface area contributed by atoms with Crippen molar-refractivity contribution in [2.45, 2.75) is 58.8 Å². The first-order chi connectivity index (χ1) is 22.7. The van der Waals surface area contributed by atoms with Gasteiger partial charge in [-0.05, 0) is 54.8 Å². The Morgan fingerprint density at radius 2 is 0.870 bits per heavy atom. The lowest BCUT2D eigenvalue weighted by Gasteiger charge is -2.09. The molecule has 0 radical (unpaired) electrons. The second-order valence-corrected chi connectivity index (χ2v) is 10.7. The summed E-state index contributed by atoms with van der Waals surface area (Å²) >= 11 is 0. The number of nitrogens with one attached hydrogen (secondary N) is 1. The number of hydrogen-bond acceptors (Lipinski definition) is 9. The van der Waals surface area contributed by atoms with Crippen LogP contribution in [0.25, 0.3) is 0 Å². The zero-order valence-corrected chi connectivity index (χ0v) is 28.1. The number of benzene rings is 2. The molecule has 0 heterocycles. The second kappa shape index (κ2) is 28.5. The number of amides is 1. The van der Waals surface area contributed by atoms with Crippen LogP contribution in [0.4, 0.5) is 5.69 Å². The van der Waals surface area contributed by atoms with Gasteiger partial charge in [0.25, 0.3) is 0 Å². The molecule has 2 aromatic rings. The van der Waals surface area contributed by atoms with Gasteiger partial charge in [-0.3, -0.25) is 4.79 Å². The first-order valence-corrected chi connectivity index (χ1v) is 16.9. The summed E-state index contributed by atoms with van der Waals surface area (Å²) in [5.74, 6) is 1.50. The second-order valence-electron chi connectivity index (χ2n) is 10.7. The standard InChI is InChI=1S/C36H57NO9/c1-3-4-5-6-7-8-9-33-10-14-35(15-11-33)45-30-28-43-26-24-41-22-20-39-18-19-40-21-23-42-25-27-44-29-31-46-36-16-12-34(13-17-36)37-32(2)38/h10-17H,3-9,18-31H2,1-2H3,(H,37,38). The summed E-state index contributed by atoms with van der Waals surface area (Å²) in [5, 5.41) is 2.71. The van der Waals surface area contributed by atoms with E-state index < -0.39 is 0 Å². The molecule has 1 amide bonds. The number of aryl methyl sites for hydroxylation is 1. The van der Waals surface area contributed by atoms with Crippen molar-refractivity contribution in [1.82, 2.24) is 0 Å². The predicted octanol–water partition coefficient (Wildman–Crippen LogP) is 6.11. The van der Waals surface area contributed by atoms with E-state index in [1.807, 2.05) is 12.1 Å². The largest absolute Gasteiger partial charge is 0.491 e. The van der Waals surface area contributed by atoms with Crippen LogP contribution in [0.3, 0.4) is 0 Å². The molecule has 2 aromatic carbocycles. The van der Waals surface area contributed by atoms with E-state index >= 15 is 0 Å². The summed E-state index contributed by atoms with van der Waals surface area (Å²) < 4.78 is 44.5. The molecule has 0 atom stereocenters. The predicted molar refractivity (Wildman–Crippen MR) is 180 cm³/mol. The molecule has 0 saturated heterocycles. The summed E-state index contributed by atoms with van der Waals surface area (Å²) in [6, 6.07) is 15.6. The number of hydrogen-bond donors (Lipinski definition) is 1. The van der Waals surface area contributed by atoms with Crippen LogP contribution < -0.4 is 14.8 Å². The monoisotopic (exact) mass is 647 g/mol. The Morgan fingerprint density at radius 3 is 1.28 bits per heavy atom.